The number of anilines is 1. The molecule has 0 aliphatic rings. The Kier molecular flexibility index (Phi) is 5.53. The summed E-state index contributed by atoms with van der Waals surface area (Å²) >= 11 is 0. The standard InChI is InChI=1S/C15H24N2O3/c1-15(2,3)10-6-7-13(20-5)12(8-10)17-14(18)11(16)9-19-4/h6-8,11H,9,16H2,1-5H3,(H,17,18). The molecular weight excluding hydrogens is 256 g/mol. The molecule has 1 atom stereocenters. The van der Waals surface area contributed by atoms with Gasteiger partial charge in [-0.15, -0.1) is 0 Å². The molecule has 0 aromatic heterocycles. The summed E-state index contributed by atoms with van der Waals surface area (Å²) in [5, 5.41) is 2.79. The minimum atomic E-state index is -0.706. The molecule has 0 fully saturated rings. The van der Waals surface area contributed by atoms with Crippen molar-refractivity contribution in [3.05, 3.63) is 23.8 Å². The van der Waals surface area contributed by atoms with Crippen LogP contribution in [0.1, 0.15) is 26.3 Å². The molecule has 5 heteroatoms. The number of rotatable bonds is 5. The Balaban J connectivity index is 3.00. The number of ether oxygens (including phenoxy) is 2. The number of carbonyl (C=O) groups excluding carboxylic acids is 1. The third kappa shape index (κ3) is 4.21. The summed E-state index contributed by atoms with van der Waals surface area (Å²) in [6.45, 7) is 6.50. The zero-order valence-corrected chi connectivity index (χ0v) is 12.8. The van der Waals surface area contributed by atoms with Crippen LogP contribution in [0.4, 0.5) is 5.69 Å². The van der Waals surface area contributed by atoms with Crippen LogP contribution in [0.5, 0.6) is 5.75 Å². The molecule has 1 unspecified atom stereocenters. The molecule has 1 aromatic rings. The predicted molar refractivity (Wildman–Crippen MR) is 80.2 cm³/mol. The van der Waals surface area contributed by atoms with Gasteiger partial charge in [0, 0.05) is 7.11 Å². The molecule has 0 heterocycles. The fourth-order valence-electron chi connectivity index (χ4n) is 1.75. The lowest BCUT2D eigenvalue weighted by Crippen LogP contribution is -2.39. The van der Waals surface area contributed by atoms with Gasteiger partial charge in [0.15, 0.2) is 0 Å². The summed E-state index contributed by atoms with van der Waals surface area (Å²) in [5.41, 5.74) is 7.43. The van der Waals surface area contributed by atoms with Gasteiger partial charge in [0.1, 0.15) is 11.8 Å². The lowest BCUT2D eigenvalue weighted by atomic mass is 9.87. The Hall–Kier alpha value is -1.59. The van der Waals surface area contributed by atoms with Gasteiger partial charge in [-0.05, 0) is 23.1 Å². The largest absolute Gasteiger partial charge is 0.495 e. The number of benzene rings is 1. The number of carbonyl (C=O) groups is 1. The Labute approximate surface area is 120 Å². The highest BCUT2D eigenvalue weighted by Gasteiger charge is 2.19. The average molecular weight is 280 g/mol. The first-order valence-electron chi connectivity index (χ1n) is 6.53. The molecule has 1 amide bonds. The summed E-state index contributed by atoms with van der Waals surface area (Å²) in [6, 6.07) is 5.04. The second-order valence-electron chi connectivity index (χ2n) is 5.72. The first-order valence-corrected chi connectivity index (χ1v) is 6.53. The minimum Gasteiger partial charge on any atom is -0.495 e. The zero-order chi connectivity index (χ0) is 15.3. The van der Waals surface area contributed by atoms with Gasteiger partial charge in [0.2, 0.25) is 5.91 Å². The van der Waals surface area contributed by atoms with Crippen LogP contribution in [-0.4, -0.2) is 32.8 Å². The normalized spacial score (nSPS) is 12.9. The molecule has 0 bridgehead atoms. The smallest absolute Gasteiger partial charge is 0.243 e. The number of amides is 1. The molecule has 0 radical (unpaired) electrons. The molecule has 0 saturated heterocycles. The first-order chi connectivity index (χ1) is 9.29. The van der Waals surface area contributed by atoms with Crippen LogP contribution in [0.2, 0.25) is 0 Å². The maximum absolute atomic E-state index is 12.0. The Bertz CT molecular complexity index is 467. The number of nitrogens with one attached hydrogen (secondary N) is 1. The van der Waals surface area contributed by atoms with E-state index in [2.05, 4.69) is 26.1 Å². The number of nitrogens with two attached hydrogens (primary N) is 1. The van der Waals surface area contributed by atoms with Crippen LogP contribution in [0.25, 0.3) is 0 Å². The molecular formula is C15H24N2O3. The fraction of sp³-hybridized carbons (Fsp3) is 0.533. The van der Waals surface area contributed by atoms with E-state index < -0.39 is 6.04 Å². The molecule has 0 aliphatic carbocycles. The van der Waals surface area contributed by atoms with Crippen LogP contribution in [0.15, 0.2) is 18.2 Å². The van der Waals surface area contributed by atoms with Crippen molar-refractivity contribution in [1.82, 2.24) is 0 Å². The molecule has 1 rings (SSSR count). The monoisotopic (exact) mass is 280 g/mol. The van der Waals surface area contributed by atoms with Crippen molar-refractivity contribution in [2.45, 2.75) is 32.2 Å². The van der Waals surface area contributed by atoms with E-state index in [1.54, 1.807) is 7.11 Å². The van der Waals surface area contributed by atoms with Crippen molar-refractivity contribution < 1.29 is 14.3 Å². The fourth-order valence-corrected chi connectivity index (χ4v) is 1.75. The van der Waals surface area contributed by atoms with Crippen molar-refractivity contribution in [3.8, 4) is 5.75 Å². The van der Waals surface area contributed by atoms with E-state index in [1.807, 2.05) is 18.2 Å². The van der Waals surface area contributed by atoms with Gasteiger partial charge in [-0.1, -0.05) is 26.8 Å². The number of methoxy groups -OCH3 is 2. The van der Waals surface area contributed by atoms with E-state index >= 15 is 0 Å². The van der Waals surface area contributed by atoms with Gasteiger partial charge in [-0.2, -0.15) is 0 Å². The molecule has 0 aliphatic heterocycles. The van der Waals surface area contributed by atoms with Gasteiger partial charge < -0.3 is 20.5 Å². The maximum atomic E-state index is 12.0. The Morgan fingerprint density at radius 3 is 2.50 bits per heavy atom. The second kappa shape index (κ2) is 6.72. The molecule has 5 nitrogen and oxygen atoms in total. The highest BCUT2D eigenvalue weighted by molar-refractivity contribution is 5.96. The van der Waals surface area contributed by atoms with Crippen LogP contribution in [-0.2, 0) is 14.9 Å². The molecule has 0 saturated carbocycles. The minimum absolute atomic E-state index is 0.0135. The van der Waals surface area contributed by atoms with Gasteiger partial charge in [-0.3, -0.25) is 4.79 Å². The van der Waals surface area contributed by atoms with Crippen molar-refractivity contribution in [3.63, 3.8) is 0 Å². The van der Waals surface area contributed by atoms with E-state index in [1.165, 1.54) is 7.11 Å². The molecule has 1 aromatic carbocycles. The van der Waals surface area contributed by atoms with Gasteiger partial charge >= 0.3 is 0 Å². The van der Waals surface area contributed by atoms with Crippen molar-refractivity contribution in [2.24, 2.45) is 5.73 Å². The summed E-state index contributed by atoms with van der Waals surface area (Å²) in [5.74, 6) is 0.312. The number of hydrogen-bond donors (Lipinski definition) is 2. The van der Waals surface area contributed by atoms with E-state index in [-0.39, 0.29) is 17.9 Å². The van der Waals surface area contributed by atoms with Gasteiger partial charge in [0.05, 0.1) is 19.4 Å². The van der Waals surface area contributed by atoms with Gasteiger partial charge in [-0.25, -0.2) is 0 Å². The third-order valence-electron chi connectivity index (χ3n) is 3.01. The van der Waals surface area contributed by atoms with Crippen LogP contribution in [0, 0.1) is 0 Å². The number of hydrogen-bond acceptors (Lipinski definition) is 4. The van der Waals surface area contributed by atoms with E-state index in [0.29, 0.717) is 11.4 Å². The highest BCUT2D eigenvalue weighted by Crippen LogP contribution is 2.31. The second-order valence-corrected chi connectivity index (χ2v) is 5.72. The van der Waals surface area contributed by atoms with Crippen molar-refractivity contribution >= 4 is 11.6 Å². The maximum Gasteiger partial charge on any atom is 0.243 e. The lowest BCUT2D eigenvalue weighted by molar-refractivity contribution is -0.118. The van der Waals surface area contributed by atoms with E-state index in [9.17, 15) is 4.79 Å². The topological polar surface area (TPSA) is 73.6 Å². The first kappa shape index (κ1) is 16.5. The Morgan fingerprint density at radius 1 is 1.35 bits per heavy atom. The summed E-state index contributed by atoms with van der Waals surface area (Å²) in [4.78, 5) is 12.0. The SMILES string of the molecule is COCC(N)C(=O)Nc1cc(C(C)(C)C)ccc1OC. The van der Waals surface area contributed by atoms with Crippen molar-refractivity contribution in [2.75, 3.05) is 26.1 Å². The quantitative estimate of drug-likeness (QED) is 0.864. The predicted octanol–water partition coefficient (Wildman–Crippen LogP) is 1.90. The third-order valence-corrected chi connectivity index (χ3v) is 3.01. The molecule has 112 valence electrons. The molecule has 0 spiro atoms. The Morgan fingerprint density at radius 2 is 2.00 bits per heavy atom. The average Bonchev–Trinajstić information content (AvgIpc) is 2.37. The summed E-state index contributed by atoms with van der Waals surface area (Å²) in [6.07, 6.45) is 0. The van der Waals surface area contributed by atoms with Gasteiger partial charge in [0.25, 0.3) is 0 Å². The van der Waals surface area contributed by atoms with Crippen LogP contribution >= 0.6 is 0 Å². The van der Waals surface area contributed by atoms with Crippen molar-refractivity contribution in [1.29, 1.82) is 0 Å². The van der Waals surface area contributed by atoms with Crippen LogP contribution < -0.4 is 15.8 Å². The van der Waals surface area contributed by atoms with E-state index in [0.717, 1.165) is 5.56 Å². The summed E-state index contributed by atoms with van der Waals surface area (Å²) < 4.78 is 10.1. The zero-order valence-electron chi connectivity index (χ0n) is 12.8. The highest BCUT2D eigenvalue weighted by atomic mass is 16.5. The lowest BCUT2D eigenvalue weighted by Gasteiger charge is -2.21. The summed E-state index contributed by atoms with van der Waals surface area (Å²) in [7, 11) is 3.07. The van der Waals surface area contributed by atoms with E-state index in [4.69, 9.17) is 15.2 Å². The van der Waals surface area contributed by atoms with Crippen LogP contribution in [0.3, 0.4) is 0 Å². The molecule has 3 N–H and O–H groups in total. The molecule has 20 heavy (non-hydrogen) atoms.